The summed E-state index contributed by atoms with van der Waals surface area (Å²) in [6, 6.07) is 11.2. The van der Waals surface area contributed by atoms with Gasteiger partial charge in [-0.15, -0.1) is 0 Å². The fourth-order valence-corrected chi connectivity index (χ4v) is 1.62. The maximum atomic E-state index is 13.0. The van der Waals surface area contributed by atoms with Gasteiger partial charge in [0.05, 0.1) is 6.54 Å². The molecular weight excluding hydrogens is 264 g/mol. The minimum atomic E-state index is -1.09. The van der Waals surface area contributed by atoms with Crippen LogP contribution in [0.3, 0.4) is 0 Å². The summed E-state index contributed by atoms with van der Waals surface area (Å²) in [6.07, 6.45) is 0. The number of halogens is 2. The number of Topliss-reactive ketones (excluding diaryl/α,β-unsaturated/α-hetero) is 1. The molecule has 0 aliphatic rings. The minimum absolute atomic E-state index is 0.0114. The molecule has 2 aromatic carbocycles. The van der Waals surface area contributed by atoms with Crippen molar-refractivity contribution < 1.29 is 18.4 Å². The van der Waals surface area contributed by atoms with Crippen molar-refractivity contribution in [2.24, 2.45) is 0 Å². The highest BCUT2D eigenvalue weighted by atomic mass is 19.2. The predicted octanol–water partition coefficient (Wildman–Crippen LogP) is 2.58. The lowest BCUT2D eigenvalue weighted by atomic mass is 10.1. The molecule has 0 spiro atoms. The quantitative estimate of drug-likeness (QED) is 0.872. The molecule has 1 N–H and O–H groups in total. The zero-order valence-corrected chi connectivity index (χ0v) is 10.4. The molecular formula is C15H11F2NO2. The average Bonchev–Trinajstić information content (AvgIpc) is 2.48. The van der Waals surface area contributed by atoms with E-state index < -0.39 is 23.3 Å². The lowest BCUT2D eigenvalue weighted by Gasteiger charge is -2.05. The molecule has 0 heterocycles. The van der Waals surface area contributed by atoms with Crippen LogP contribution >= 0.6 is 0 Å². The Hall–Kier alpha value is -2.56. The largest absolute Gasteiger partial charge is 0.345 e. The highest BCUT2D eigenvalue weighted by Gasteiger charge is 2.11. The topological polar surface area (TPSA) is 46.2 Å². The Morgan fingerprint density at radius 1 is 0.900 bits per heavy atom. The Morgan fingerprint density at radius 2 is 1.60 bits per heavy atom. The number of carbonyl (C=O) groups excluding carboxylic acids is 2. The van der Waals surface area contributed by atoms with Gasteiger partial charge in [-0.2, -0.15) is 0 Å². The third-order valence-corrected chi connectivity index (χ3v) is 2.69. The van der Waals surface area contributed by atoms with Gasteiger partial charge in [0, 0.05) is 11.1 Å². The predicted molar refractivity (Wildman–Crippen MR) is 69.5 cm³/mol. The van der Waals surface area contributed by atoms with E-state index in [4.69, 9.17) is 0 Å². The Kier molecular flexibility index (Phi) is 4.20. The third-order valence-electron chi connectivity index (χ3n) is 2.69. The van der Waals surface area contributed by atoms with Gasteiger partial charge in [-0.25, -0.2) is 8.78 Å². The number of rotatable bonds is 4. The van der Waals surface area contributed by atoms with E-state index in [0.717, 1.165) is 12.1 Å². The summed E-state index contributed by atoms with van der Waals surface area (Å²) in [5.74, 6) is -3.00. The maximum absolute atomic E-state index is 13.0. The van der Waals surface area contributed by atoms with Crippen LogP contribution in [0, 0.1) is 11.6 Å². The van der Waals surface area contributed by atoms with Gasteiger partial charge in [-0.05, 0) is 30.3 Å². The minimum Gasteiger partial charge on any atom is -0.345 e. The standard InChI is InChI=1S/C15H11F2NO2/c16-12-7-6-11(8-13(12)17)14(19)9-18-15(20)10-4-2-1-3-5-10/h1-8H,9H2,(H,18,20). The van der Waals surface area contributed by atoms with Crippen LogP contribution in [0.1, 0.15) is 20.7 Å². The molecule has 0 saturated carbocycles. The van der Waals surface area contributed by atoms with E-state index in [1.807, 2.05) is 0 Å². The molecule has 2 aromatic rings. The maximum Gasteiger partial charge on any atom is 0.251 e. The first-order valence-electron chi connectivity index (χ1n) is 5.89. The molecule has 5 heteroatoms. The molecule has 102 valence electrons. The van der Waals surface area contributed by atoms with Crippen molar-refractivity contribution in [3.05, 3.63) is 71.3 Å². The van der Waals surface area contributed by atoms with Crippen LogP contribution < -0.4 is 5.32 Å². The molecule has 2 rings (SSSR count). The number of ketones is 1. The van der Waals surface area contributed by atoms with Crippen LogP contribution in [0.25, 0.3) is 0 Å². The van der Waals surface area contributed by atoms with Crippen LogP contribution in [0.15, 0.2) is 48.5 Å². The van der Waals surface area contributed by atoms with Crippen molar-refractivity contribution in [1.29, 1.82) is 0 Å². The fraction of sp³-hybridized carbons (Fsp3) is 0.0667. The van der Waals surface area contributed by atoms with E-state index in [-0.39, 0.29) is 12.1 Å². The van der Waals surface area contributed by atoms with Gasteiger partial charge in [0.1, 0.15) is 0 Å². The average molecular weight is 275 g/mol. The van der Waals surface area contributed by atoms with Crippen LogP contribution in [0.2, 0.25) is 0 Å². The summed E-state index contributed by atoms with van der Waals surface area (Å²) in [6.45, 7) is -0.279. The summed E-state index contributed by atoms with van der Waals surface area (Å²) in [7, 11) is 0. The number of hydrogen-bond acceptors (Lipinski definition) is 2. The first-order valence-corrected chi connectivity index (χ1v) is 5.89. The summed E-state index contributed by atoms with van der Waals surface area (Å²) in [5, 5.41) is 2.43. The van der Waals surface area contributed by atoms with E-state index in [0.29, 0.717) is 5.56 Å². The van der Waals surface area contributed by atoms with Crippen molar-refractivity contribution >= 4 is 11.7 Å². The molecule has 3 nitrogen and oxygen atoms in total. The molecule has 0 aliphatic carbocycles. The first kappa shape index (κ1) is 13.9. The SMILES string of the molecule is O=C(CNC(=O)c1ccccc1)c1ccc(F)c(F)c1. The van der Waals surface area contributed by atoms with E-state index in [1.165, 1.54) is 6.07 Å². The Bertz CT molecular complexity index is 642. The van der Waals surface area contributed by atoms with Crippen molar-refractivity contribution in [3.8, 4) is 0 Å². The summed E-state index contributed by atoms with van der Waals surface area (Å²) in [4.78, 5) is 23.4. The van der Waals surface area contributed by atoms with Crippen molar-refractivity contribution in [2.75, 3.05) is 6.54 Å². The lowest BCUT2D eigenvalue weighted by Crippen LogP contribution is -2.29. The van der Waals surface area contributed by atoms with Gasteiger partial charge < -0.3 is 5.32 Å². The van der Waals surface area contributed by atoms with E-state index in [1.54, 1.807) is 30.3 Å². The number of benzene rings is 2. The molecule has 1 amide bonds. The van der Waals surface area contributed by atoms with Crippen LogP contribution in [0.5, 0.6) is 0 Å². The number of hydrogen-bond donors (Lipinski definition) is 1. The van der Waals surface area contributed by atoms with Gasteiger partial charge in [0.15, 0.2) is 17.4 Å². The lowest BCUT2D eigenvalue weighted by molar-refractivity contribution is 0.0904. The third kappa shape index (κ3) is 3.26. The van der Waals surface area contributed by atoms with Crippen molar-refractivity contribution in [2.45, 2.75) is 0 Å². The molecule has 0 fully saturated rings. The highest BCUT2D eigenvalue weighted by molar-refractivity contribution is 6.02. The van der Waals surface area contributed by atoms with Crippen LogP contribution in [-0.2, 0) is 0 Å². The highest BCUT2D eigenvalue weighted by Crippen LogP contribution is 2.09. The van der Waals surface area contributed by atoms with Crippen molar-refractivity contribution in [3.63, 3.8) is 0 Å². The summed E-state index contributed by atoms with van der Waals surface area (Å²) >= 11 is 0. The summed E-state index contributed by atoms with van der Waals surface area (Å²) in [5.41, 5.74) is 0.433. The Morgan fingerprint density at radius 3 is 2.25 bits per heavy atom. The fourth-order valence-electron chi connectivity index (χ4n) is 1.62. The van der Waals surface area contributed by atoms with E-state index >= 15 is 0 Å². The van der Waals surface area contributed by atoms with Crippen LogP contribution in [-0.4, -0.2) is 18.2 Å². The molecule has 0 radical (unpaired) electrons. The molecule has 0 aliphatic heterocycles. The zero-order chi connectivity index (χ0) is 14.5. The van der Waals surface area contributed by atoms with Crippen LogP contribution in [0.4, 0.5) is 8.78 Å². The second-order valence-corrected chi connectivity index (χ2v) is 4.10. The second kappa shape index (κ2) is 6.06. The second-order valence-electron chi connectivity index (χ2n) is 4.10. The normalized spacial score (nSPS) is 10.1. The van der Waals surface area contributed by atoms with Gasteiger partial charge in [-0.1, -0.05) is 18.2 Å². The Labute approximate surface area is 114 Å². The molecule has 20 heavy (non-hydrogen) atoms. The Balaban J connectivity index is 1.98. The summed E-state index contributed by atoms with van der Waals surface area (Å²) < 4.78 is 25.7. The van der Waals surface area contributed by atoms with E-state index in [2.05, 4.69) is 5.32 Å². The molecule has 0 aromatic heterocycles. The smallest absolute Gasteiger partial charge is 0.251 e. The first-order chi connectivity index (χ1) is 9.58. The van der Waals surface area contributed by atoms with Gasteiger partial charge in [0.2, 0.25) is 0 Å². The number of carbonyl (C=O) groups is 2. The molecule has 0 unspecified atom stereocenters. The van der Waals surface area contributed by atoms with Crippen molar-refractivity contribution in [1.82, 2.24) is 5.32 Å². The van der Waals surface area contributed by atoms with Gasteiger partial charge >= 0.3 is 0 Å². The molecule has 0 saturated heterocycles. The van der Waals surface area contributed by atoms with E-state index in [9.17, 15) is 18.4 Å². The number of nitrogens with one attached hydrogen (secondary N) is 1. The molecule has 0 bridgehead atoms. The zero-order valence-electron chi connectivity index (χ0n) is 10.4. The monoisotopic (exact) mass is 275 g/mol. The van der Waals surface area contributed by atoms with Gasteiger partial charge in [0.25, 0.3) is 5.91 Å². The number of amides is 1. The van der Waals surface area contributed by atoms with Gasteiger partial charge in [-0.3, -0.25) is 9.59 Å². The molecule has 0 atom stereocenters.